The van der Waals surface area contributed by atoms with Crippen molar-refractivity contribution in [3.63, 3.8) is 0 Å². The summed E-state index contributed by atoms with van der Waals surface area (Å²) in [4.78, 5) is 23.9. The van der Waals surface area contributed by atoms with Crippen LogP contribution < -0.4 is 10.2 Å². The second-order valence-corrected chi connectivity index (χ2v) is 8.00. The SMILES string of the molecule is O=C(CN1CCN(CCO)CC1)N1c2cc(Cl)c(F)cc2NC(=S)c2cccnc21. The summed E-state index contributed by atoms with van der Waals surface area (Å²) in [6.07, 6.45) is 1.59. The number of aromatic nitrogens is 1. The van der Waals surface area contributed by atoms with Crippen LogP contribution in [0.2, 0.25) is 5.02 Å². The van der Waals surface area contributed by atoms with Crippen LogP contribution in [0.25, 0.3) is 0 Å². The number of hydrogen-bond donors (Lipinski definition) is 2. The van der Waals surface area contributed by atoms with Gasteiger partial charge in [0, 0.05) is 45.0 Å². The summed E-state index contributed by atoms with van der Waals surface area (Å²) in [7, 11) is 0. The predicted octanol–water partition coefficient (Wildman–Crippen LogP) is 2.25. The van der Waals surface area contributed by atoms with Gasteiger partial charge in [-0.15, -0.1) is 0 Å². The van der Waals surface area contributed by atoms with Crippen LogP contribution >= 0.6 is 23.8 Å². The first-order valence-electron chi connectivity index (χ1n) is 9.62. The molecular formula is C20H21ClFN5O2S. The lowest BCUT2D eigenvalue weighted by Crippen LogP contribution is -2.50. The molecule has 4 rings (SSSR count). The number of thiocarbonyl (C=S) groups is 1. The zero-order valence-corrected chi connectivity index (χ0v) is 17.7. The van der Waals surface area contributed by atoms with E-state index in [0.29, 0.717) is 47.4 Å². The van der Waals surface area contributed by atoms with E-state index in [4.69, 9.17) is 28.9 Å². The summed E-state index contributed by atoms with van der Waals surface area (Å²) in [6, 6.07) is 6.17. The van der Waals surface area contributed by atoms with Gasteiger partial charge in [-0.2, -0.15) is 0 Å². The Hall–Kier alpha value is -2.17. The molecule has 1 fully saturated rings. The average molecular weight is 450 g/mol. The molecule has 2 aliphatic heterocycles. The number of rotatable bonds is 4. The summed E-state index contributed by atoms with van der Waals surface area (Å²) in [6.45, 7) is 3.90. The molecule has 0 unspecified atom stereocenters. The number of β-amino-alcohol motifs (C(OH)–C–C–N with tert-alkyl or cyclic N) is 1. The van der Waals surface area contributed by atoms with Gasteiger partial charge in [-0.25, -0.2) is 9.37 Å². The standard InChI is InChI=1S/C20H21ClFN5O2S/c21-14-10-17-16(11-15(14)22)24-20(30)13-2-1-3-23-19(13)27(17)18(29)12-26-6-4-25(5-7-26)8-9-28/h1-3,10-11,28H,4-9,12H2,(H,24,30). The third-order valence-electron chi connectivity index (χ3n) is 5.26. The van der Waals surface area contributed by atoms with E-state index in [1.165, 1.54) is 17.0 Å². The van der Waals surface area contributed by atoms with Gasteiger partial charge < -0.3 is 10.4 Å². The number of benzene rings is 1. The molecule has 3 heterocycles. The minimum atomic E-state index is -0.600. The van der Waals surface area contributed by atoms with Crippen molar-refractivity contribution >= 4 is 51.9 Å². The molecule has 2 N–H and O–H groups in total. The van der Waals surface area contributed by atoms with Gasteiger partial charge in [0.25, 0.3) is 0 Å². The maximum absolute atomic E-state index is 14.1. The van der Waals surface area contributed by atoms with Crippen molar-refractivity contribution in [1.82, 2.24) is 14.8 Å². The number of halogens is 2. The van der Waals surface area contributed by atoms with Crippen molar-refractivity contribution in [3.8, 4) is 0 Å². The maximum atomic E-state index is 14.1. The second kappa shape index (κ2) is 8.91. The zero-order valence-electron chi connectivity index (χ0n) is 16.1. The molecule has 1 saturated heterocycles. The Balaban J connectivity index is 1.66. The van der Waals surface area contributed by atoms with Gasteiger partial charge in [0.2, 0.25) is 5.91 Å². The van der Waals surface area contributed by atoms with Crippen LogP contribution in [-0.4, -0.2) is 76.7 Å². The van der Waals surface area contributed by atoms with Crippen molar-refractivity contribution in [2.24, 2.45) is 0 Å². The van der Waals surface area contributed by atoms with E-state index in [2.05, 4.69) is 20.1 Å². The fraction of sp³-hybridized carbons (Fsp3) is 0.350. The smallest absolute Gasteiger partial charge is 0.246 e. The number of pyridine rings is 1. The lowest BCUT2D eigenvalue weighted by atomic mass is 10.2. The van der Waals surface area contributed by atoms with Crippen LogP contribution in [0.5, 0.6) is 0 Å². The van der Waals surface area contributed by atoms with Gasteiger partial charge >= 0.3 is 0 Å². The number of carbonyl (C=O) groups excluding carboxylic acids is 1. The third-order valence-corrected chi connectivity index (χ3v) is 5.87. The number of nitrogens with one attached hydrogen (secondary N) is 1. The Kier molecular flexibility index (Phi) is 6.26. The van der Waals surface area contributed by atoms with E-state index in [-0.39, 0.29) is 24.1 Å². The Labute approximate surface area is 184 Å². The van der Waals surface area contributed by atoms with E-state index >= 15 is 0 Å². The monoisotopic (exact) mass is 449 g/mol. The first-order chi connectivity index (χ1) is 14.5. The fourth-order valence-corrected chi connectivity index (χ4v) is 4.13. The second-order valence-electron chi connectivity index (χ2n) is 7.18. The molecule has 1 amide bonds. The predicted molar refractivity (Wildman–Crippen MR) is 118 cm³/mol. The molecule has 7 nitrogen and oxygen atoms in total. The van der Waals surface area contributed by atoms with E-state index in [0.717, 1.165) is 13.1 Å². The first-order valence-corrected chi connectivity index (χ1v) is 10.4. The molecule has 0 aliphatic carbocycles. The van der Waals surface area contributed by atoms with Gasteiger partial charge in [0.05, 0.1) is 35.1 Å². The highest BCUT2D eigenvalue weighted by Crippen LogP contribution is 2.39. The number of aliphatic hydroxyl groups is 1. The average Bonchev–Trinajstić information content (AvgIpc) is 2.84. The highest BCUT2D eigenvalue weighted by molar-refractivity contribution is 7.81. The van der Waals surface area contributed by atoms with Gasteiger partial charge in [-0.1, -0.05) is 23.8 Å². The number of nitrogens with zero attached hydrogens (tertiary/aromatic N) is 4. The lowest BCUT2D eigenvalue weighted by Gasteiger charge is -2.35. The molecule has 0 radical (unpaired) electrons. The molecule has 2 aromatic rings. The minimum Gasteiger partial charge on any atom is -0.395 e. The van der Waals surface area contributed by atoms with Crippen LogP contribution in [-0.2, 0) is 4.79 Å². The van der Waals surface area contributed by atoms with E-state index in [9.17, 15) is 9.18 Å². The van der Waals surface area contributed by atoms with Crippen LogP contribution in [0.4, 0.5) is 21.6 Å². The molecular weight excluding hydrogens is 429 g/mol. The fourth-order valence-electron chi connectivity index (χ4n) is 3.70. The summed E-state index contributed by atoms with van der Waals surface area (Å²) >= 11 is 11.5. The lowest BCUT2D eigenvalue weighted by molar-refractivity contribution is -0.119. The number of piperazine rings is 1. The third kappa shape index (κ3) is 4.17. The molecule has 0 spiro atoms. The molecule has 10 heteroatoms. The number of carbonyl (C=O) groups is 1. The normalized spacial score (nSPS) is 17.2. The van der Waals surface area contributed by atoms with E-state index < -0.39 is 5.82 Å². The van der Waals surface area contributed by atoms with E-state index in [1.807, 2.05) is 0 Å². The maximum Gasteiger partial charge on any atom is 0.246 e. The first kappa shape index (κ1) is 21.1. The number of hydrogen-bond acceptors (Lipinski definition) is 6. The highest BCUT2D eigenvalue weighted by atomic mass is 35.5. The largest absolute Gasteiger partial charge is 0.395 e. The molecule has 0 bridgehead atoms. The van der Waals surface area contributed by atoms with Crippen molar-refractivity contribution in [2.45, 2.75) is 0 Å². The summed E-state index contributed by atoms with van der Waals surface area (Å²) in [5.74, 6) is -0.418. The molecule has 1 aromatic heterocycles. The molecule has 1 aromatic carbocycles. The number of aliphatic hydroxyl groups excluding tert-OH is 1. The van der Waals surface area contributed by atoms with Crippen molar-refractivity contribution in [2.75, 3.05) is 56.1 Å². The molecule has 2 aliphatic rings. The van der Waals surface area contributed by atoms with Gasteiger partial charge in [-0.05, 0) is 18.2 Å². The van der Waals surface area contributed by atoms with Crippen LogP contribution in [0.1, 0.15) is 5.56 Å². The van der Waals surface area contributed by atoms with Crippen molar-refractivity contribution < 1.29 is 14.3 Å². The van der Waals surface area contributed by atoms with Gasteiger partial charge in [-0.3, -0.25) is 19.5 Å². The molecule has 30 heavy (non-hydrogen) atoms. The van der Waals surface area contributed by atoms with Gasteiger partial charge in [0.15, 0.2) is 0 Å². The Morgan fingerprint density at radius 3 is 2.73 bits per heavy atom. The summed E-state index contributed by atoms with van der Waals surface area (Å²) in [5, 5.41) is 12.0. The molecule has 158 valence electrons. The van der Waals surface area contributed by atoms with Crippen LogP contribution in [0.3, 0.4) is 0 Å². The zero-order chi connectivity index (χ0) is 21.3. The Bertz CT molecular complexity index is 984. The van der Waals surface area contributed by atoms with Crippen LogP contribution in [0, 0.1) is 5.82 Å². The summed E-state index contributed by atoms with van der Waals surface area (Å²) in [5.41, 5.74) is 1.35. The Morgan fingerprint density at radius 2 is 2.00 bits per heavy atom. The number of anilines is 3. The van der Waals surface area contributed by atoms with Crippen molar-refractivity contribution in [3.05, 3.63) is 46.9 Å². The molecule has 0 saturated carbocycles. The minimum absolute atomic E-state index is 0.0868. The van der Waals surface area contributed by atoms with Crippen molar-refractivity contribution in [1.29, 1.82) is 0 Å². The summed E-state index contributed by atoms with van der Waals surface area (Å²) < 4.78 is 14.1. The quantitative estimate of drug-likeness (QED) is 0.693. The van der Waals surface area contributed by atoms with Crippen LogP contribution in [0.15, 0.2) is 30.5 Å². The highest BCUT2D eigenvalue weighted by Gasteiger charge is 2.31. The topological polar surface area (TPSA) is 71.9 Å². The Morgan fingerprint density at radius 1 is 1.27 bits per heavy atom. The molecule has 0 atom stereocenters. The number of amides is 1. The number of fused-ring (bicyclic) bond motifs is 2. The van der Waals surface area contributed by atoms with Gasteiger partial charge in [0.1, 0.15) is 16.6 Å². The van der Waals surface area contributed by atoms with E-state index in [1.54, 1.807) is 18.3 Å².